The van der Waals surface area contributed by atoms with Gasteiger partial charge in [0.05, 0.1) is 12.2 Å². The molecule has 0 spiro atoms. The molecule has 15 heavy (non-hydrogen) atoms. The van der Waals surface area contributed by atoms with Gasteiger partial charge in [-0.05, 0) is 38.2 Å². The lowest BCUT2D eigenvalue weighted by Crippen LogP contribution is -2.02. The maximum Gasteiger partial charge on any atom is 0.0844 e. The van der Waals surface area contributed by atoms with Crippen LogP contribution in [0.3, 0.4) is 0 Å². The Morgan fingerprint density at radius 3 is 2.33 bits per heavy atom. The summed E-state index contributed by atoms with van der Waals surface area (Å²) in [6.07, 6.45) is 3.39. The average molecular weight is 204 g/mol. The normalized spacial score (nSPS) is 26.3. The molecule has 0 amide bonds. The second-order valence-corrected chi connectivity index (χ2v) is 4.63. The fraction of sp³-hybridized carbons (Fsp3) is 0.571. The third-order valence-electron chi connectivity index (χ3n) is 3.39. The highest BCUT2D eigenvalue weighted by atomic mass is 16.6. The van der Waals surface area contributed by atoms with E-state index in [9.17, 15) is 0 Å². The van der Waals surface area contributed by atoms with E-state index in [1.54, 1.807) is 0 Å². The van der Waals surface area contributed by atoms with Crippen molar-refractivity contribution in [1.29, 1.82) is 0 Å². The second-order valence-electron chi connectivity index (χ2n) is 4.63. The molecule has 2 rings (SSSR count). The molecule has 0 saturated carbocycles. The van der Waals surface area contributed by atoms with Gasteiger partial charge in [0, 0.05) is 0 Å². The van der Waals surface area contributed by atoms with Crippen LogP contribution in [0.4, 0.5) is 0 Å². The third kappa shape index (κ3) is 2.60. The molecule has 1 aliphatic rings. The molecule has 1 saturated heterocycles. The first kappa shape index (κ1) is 10.7. The van der Waals surface area contributed by atoms with Crippen LogP contribution in [0.5, 0.6) is 0 Å². The molecule has 0 radical (unpaired) electrons. The summed E-state index contributed by atoms with van der Waals surface area (Å²) in [6.45, 7) is 6.56. The number of aryl methyl sites for hydroxylation is 1. The minimum absolute atomic E-state index is 0.490. The van der Waals surface area contributed by atoms with Gasteiger partial charge in [0.15, 0.2) is 0 Å². The third-order valence-corrected chi connectivity index (χ3v) is 3.39. The van der Waals surface area contributed by atoms with Crippen molar-refractivity contribution in [1.82, 2.24) is 0 Å². The summed E-state index contributed by atoms with van der Waals surface area (Å²) in [7, 11) is 0. The number of rotatable bonds is 4. The summed E-state index contributed by atoms with van der Waals surface area (Å²) in [4.78, 5) is 0. The van der Waals surface area contributed by atoms with Crippen molar-refractivity contribution < 1.29 is 4.74 Å². The molecule has 1 heterocycles. The van der Waals surface area contributed by atoms with Crippen LogP contribution in [-0.4, -0.2) is 12.2 Å². The molecule has 0 N–H and O–H groups in total. The smallest absolute Gasteiger partial charge is 0.0844 e. The van der Waals surface area contributed by atoms with E-state index in [-0.39, 0.29) is 0 Å². The fourth-order valence-corrected chi connectivity index (χ4v) is 2.14. The Kier molecular flexibility index (Phi) is 3.11. The Bertz CT molecular complexity index is 315. The fourth-order valence-electron chi connectivity index (χ4n) is 2.14. The lowest BCUT2D eigenvalue weighted by molar-refractivity contribution is 0.357. The second kappa shape index (κ2) is 4.36. The lowest BCUT2D eigenvalue weighted by Gasteiger charge is -2.14. The minimum atomic E-state index is 0.490. The Balaban J connectivity index is 2.02. The van der Waals surface area contributed by atoms with Crippen molar-refractivity contribution >= 4 is 0 Å². The topological polar surface area (TPSA) is 12.5 Å². The number of epoxide rings is 1. The molecule has 3 unspecified atom stereocenters. The average Bonchev–Trinajstić information content (AvgIpc) is 2.92. The molecule has 82 valence electrons. The van der Waals surface area contributed by atoms with E-state index >= 15 is 0 Å². The molecule has 1 aliphatic heterocycles. The van der Waals surface area contributed by atoms with Gasteiger partial charge < -0.3 is 4.74 Å². The van der Waals surface area contributed by atoms with Gasteiger partial charge in [-0.15, -0.1) is 0 Å². The highest BCUT2D eigenvalue weighted by Crippen LogP contribution is 2.34. The van der Waals surface area contributed by atoms with Crippen LogP contribution < -0.4 is 0 Å². The maximum atomic E-state index is 5.49. The first-order chi connectivity index (χ1) is 7.20. The molecule has 0 bridgehead atoms. The van der Waals surface area contributed by atoms with Crippen molar-refractivity contribution in [2.75, 3.05) is 0 Å². The quantitative estimate of drug-likeness (QED) is 0.682. The van der Waals surface area contributed by atoms with E-state index in [0.29, 0.717) is 18.1 Å². The molecule has 1 heteroatoms. The van der Waals surface area contributed by atoms with E-state index < -0.39 is 0 Å². The SMILES string of the molecule is CCC(CC1OC1C)c1ccc(C)cc1. The standard InChI is InChI=1S/C14H20O/c1-4-12(9-14-11(3)15-14)13-7-5-10(2)6-8-13/h5-8,11-12,14H,4,9H2,1-3H3. The number of ether oxygens (including phenoxy) is 1. The summed E-state index contributed by atoms with van der Waals surface area (Å²) in [5.74, 6) is 0.667. The van der Waals surface area contributed by atoms with Gasteiger partial charge in [-0.1, -0.05) is 36.8 Å². The van der Waals surface area contributed by atoms with Gasteiger partial charge in [0.2, 0.25) is 0 Å². The van der Waals surface area contributed by atoms with Crippen LogP contribution in [0.25, 0.3) is 0 Å². The zero-order chi connectivity index (χ0) is 10.8. The Morgan fingerprint density at radius 1 is 1.27 bits per heavy atom. The molecular weight excluding hydrogens is 184 g/mol. The largest absolute Gasteiger partial charge is 0.370 e. The minimum Gasteiger partial charge on any atom is -0.370 e. The summed E-state index contributed by atoms with van der Waals surface area (Å²) in [5.41, 5.74) is 2.80. The molecule has 1 nitrogen and oxygen atoms in total. The van der Waals surface area contributed by atoms with Crippen LogP contribution >= 0.6 is 0 Å². The monoisotopic (exact) mass is 204 g/mol. The number of hydrogen-bond donors (Lipinski definition) is 0. The lowest BCUT2D eigenvalue weighted by atomic mass is 9.91. The maximum absolute atomic E-state index is 5.49. The Labute approximate surface area is 92.5 Å². The highest BCUT2D eigenvalue weighted by molar-refractivity contribution is 5.24. The van der Waals surface area contributed by atoms with Gasteiger partial charge in [0.1, 0.15) is 0 Å². The van der Waals surface area contributed by atoms with E-state index in [2.05, 4.69) is 45.0 Å². The van der Waals surface area contributed by atoms with Crippen molar-refractivity contribution in [3.8, 4) is 0 Å². The van der Waals surface area contributed by atoms with Gasteiger partial charge in [0.25, 0.3) is 0 Å². The van der Waals surface area contributed by atoms with E-state index in [1.165, 1.54) is 24.0 Å². The molecule has 0 aromatic heterocycles. The summed E-state index contributed by atoms with van der Waals surface area (Å²) in [5, 5.41) is 0. The molecule has 1 fully saturated rings. The van der Waals surface area contributed by atoms with Crippen molar-refractivity contribution in [3.05, 3.63) is 35.4 Å². The van der Waals surface area contributed by atoms with Crippen LogP contribution in [0.1, 0.15) is 43.7 Å². The molecular formula is C14H20O. The molecule has 1 aromatic rings. The highest BCUT2D eigenvalue weighted by Gasteiger charge is 2.35. The predicted molar refractivity (Wildman–Crippen MR) is 63.2 cm³/mol. The van der Waals surface area contributed by atoms with Crippen molar-refractivity contribution in [3.63, 3.8) is 0 Å². The van der Waals surface area contributed by atoms with E-state index in [0.717, 1.165) is 0 Å². The predicted octanol–water partition coefficient (Wildman–Crippen LogP) is 3.67. The summed E-state index contributed by atoms with van der Waals surface area (Å²) in [6, 6.07) is 8.93. The number of benzene rings is 1. The zero-order valence-electron chi connectivity index (χ0n) is 9.86. The summed E-state index contributed by atoms with van der Waals surface area (Å²) >= 11 is 0. The zero-order valence-corrected chi connectivity index (χ0v) is 9.86. The number of hydrogen-bond acceptors (Lipinski definition) is 1. The van der Waals surface area contributed by atoms with Crippen LogP contribution in [0.2, 0.25) is 0 Å². The van der Waals surface area contributed by atoms with Crippen molar-refractivity contribution in [2.24, 2.45) is 0 Å². The molecule has 1 aromatic carbocycles. The molecule has 0 aliphatic carbocycles. The van der Waals surface area contributed by atoms with E-state index in [1.807, 2.05) is 0 Å². The first-order valence-corrected chi connectivity index (χ1v) is 5.92. The Morgan fingerprint density at radius 2 is 1.87 bits per heavy atom. The van der Waals surface area contributed by atoms with Crippen LogP contribution in [-0.2, 0) is 4.74 Å². The van der Waals surface area contributed by atoms with Gasteiger partial charge >= 0.3 is 0 Å². The first-order valence-electron chi connectivity index (χ1n) is 5.92. The van der Waals surface area contributed by atoms with Crippen LogP contribution in [0.15, 0.2) is 24.3 Å². The molecule has 3 atom stereocenters. The summed E-state index contributed by atoms with van der Waals surface area (Å²) < 4.78 is 5.49. The van der Waals surface area contributed by atoms with Crippen molar-refractivity contribution in [2.45, 2.75) is 51.7 Å². The van der Waals surface area contributed by atoms with Gasteiger partial charge in [-0.3, -0.25) is 0 Å². The Hall–Kier alpha value is -0.820. The van der Waals surface area contributed by atoms with Gasteiger partial charge in [-0.2, -0.15) is 0 Å². The van der Waals surface area contributed by atoms with Gasteiger partial charge in [-0.25, -0.2) is 0 Å². The van der Waals surface area contributed by atoms with Crippen LogP contribution in [0, 0.1) is 6.92 Å². The van der Waals surface area contributed by atoms with E-state index in [4.69, 9.17) is 4.74 Å².